The van der Waals surface area contributed by atoms with Crippen molar-refractivity contribution in [2.24, 2.45) is 10.7 Å². The van der Waals surface area contributed by atoms with Gasteiger partial charge in [-0.15, -0.1) is 0 Å². The Morgan fingerprint density at radius 3 is 3.17 bits per heavy atom. The average molecular weight is 167 g/mol. The van der Waals surface area contributed by atoms with Crippen LogP contribution in [0.25, 0.3) is 0 Å². The smallest absolute Gasteiger partial charge is 0.331 e. The van der Waals surface area contributed by atoms with Crippen LogP contribution in [0.3, 0.4) is 0 Å². The molecule has 0 spiro atoms. The summed E-state index contributed by atoms with van der Waals surface area (Å²) in [5.41, 5.74) is 5.38. The summed E-state index contributed by atoms with van der Waals surface area (Å²) in [6, 6.07) is -0.242. The minimum Gasteiger partial charge on any atom is -0.369 e. The van der Waals surface area contributed by atoms with Crippen LogP contribution in [0, 0.1) is 0 Å². The first-order chi connectivity index (χ1) is 5.68. The summed E-state index contributed by atoms with van der Waals surface area (Å²) < 4.78 is 0. The van der Waals surface area contributed by atoms with E-state index >= 15 is 0 Å². The quantitative estimate of drug-likeness (QED) is 0.487. The van der Waals surface area contributed by atoms with Gasteiger partial charge in [0.1, 0.15) is 0 Å². The maximum absolute atomic E-state index is 11.2. The van der Waals surface area contributed by atoms with Crippen LogP contribution in [0.2, 0.25) is 0 Å². The second-order valence-electron chi connectivity index (χ2n) is 2.66. The van der Waals surface area contributed by atoms with Gasteiger partial charge in [-0.3, -0.25) is 10.2 Å². The van der Waals surface area contributed by atoms with Gasteiger partial charge in [0, 0.05) is 19.4 Å². The molecule has 2 rings (SSSR count). The highest BCUT2D eigenvalue weighted by Gasteiger charge is 2.32. The van der Waals surface area contributed by atoms with Gasteiger partial charge in [-0.05, 0) is 0 Å². The number of rotatable bonds is 0. The van der Waals surface area contributed by atoms with Crippen LogP contribution in [0.5, 0.6) is 0 Å². The molecule has 0 saturated carbocycles. The van der Waals surface area contributed by atoms with Crippen molar-refractivity contribution >= 4 is 12.0 Å². The Bertz CT molecular complexity index is 284. The molecule has 1 unspecified atom stereocenters. The molecule has 6 nitrogen and oxygen atoms in total. The third kappa shape index (κ3) is 0.810. The molecule has 3 N–H and O–H groups in total. The van der Waals surface area contributed by atoms with E-state index in [1.54, 1.807) is 17.3 Å². The van der Waals surface area contributed by atoms with Gasteiger partial charge in [-0.25, -0.2) is 9.79 Å². The Hall–Kier alpha value is -1.72. The Labute approximate surface area is 69.3 Å². The van der Waals surface area contributed by atoms with Crippen LogP contribution in [0.4, 0.5) is 4.79 Å². The molecule has 64 valence electrons. The first-order valence-electron chi connectivity index (χ1n) is 3.51. The molecular formula is C6H9N5O. The summed E-state index contributed by atoms with van der Waals surface area (Å²) in [7, 11) is 1.83. The Balaban J connectivity index is 2.32. The first-order valence-corrected chi connectivity index (χ1v) is 3.51. The fourth-order valence-corrected chi connectivity index (χ4v) is 1.18. The fourth-order valence-electron chi connectivity index (χ4n) is 1.18. The highest BCUT2D eigenvalue weighted by atomic mass is 16.2. The summed E-state index contributed by atoms with van der Waals surface area (Å²) in [6.45, 7) is 0. The van der Waals surface area contributed by atoms with E-state index in [0.717, 1.165) is 0 Å². The molecular weight excluding hydrogens is 158 g/mol. The molecule has 0 aromatic carbocycles. The van der Waals surface area contributed by atoms with Gasteiger partial charge < -0.3 is 10.6 Å². The average Bonchev–Trinajstić information content (AvgIpc) is 2.33. The largest absolute Gasteiger partial charge is 0.369 e. The van der Waals surface area contributed by atoms with Crippen LogP contribution in [0.1, 0.15) is 0 Å². The number of nitrogens with one attached hydrogen (secondary N) is 1. The molecule has 0 bridgehead atoms. The number of amides is 2. The molecule has 12 heavy (non-hydrogen) atoms. The summed E-state index contributed by atoms with van der Waals surface area (Å²) >= 11 is 0. The standard InChI is InChI=1S/C6H9N5O/c1-10-2-3-11-5(10)8-4(7)9-6(11)12/h2-3,5H,1H3,(H3,7,8,9,12). The molecule has 0 aliphatic carbocycles. The third-order valence-electron chi connectivity index (χ3n) is 1.80. The summed E-state index contributed by atoms with van der Waals surface area (Å²) in [6.07, 6.45) is 3.13. The van der Waals surface area contributed by atoms with Gasteiger partial charge in [0.25, 0.3) is 0 Å². The Morgan fingerprint density at radius 1 is 1.67 bits per heavy atom. The lowest BCUT2D eigenvalue weighted by Gasteiger charge is -2.29. The summed E-state index contributed by atoms with van der Waals surface area (Å²) in [4.78, 5) is 18.5. The van der Waals surface area contributed by atoms with Crippen molar-refractivity contribution in [1.29, 1.82) is 0 Å². The number of hydrogen-bond acceptors (Lipinski definition) is 4. The van der Waals surface area contributed by atoms with Gasteiger partial charge in [0.15, 0.2) is 0 Å². The molecule has 2 amide bonds. The van der Waals surface area contributed by atoms with Crippen LogP contribution < -0.4 is 11.1 Å². The maximum Gasteiger partial charge on any atom is 0.331 e. The Kier molecular flexibility index (Phi) is 1.24. The number of urea groups is 1. The van der Waals surface area contributed by atoms with Gasteiger partial charge in [0.05, 0.1) is 0 Å². The van der Waals surface area contributed by atoms with E-state index in [9.17, 15) is 4.79 Å². The predicted octanol–water partition coefficient (Wildman–Crippen LogP) is -0.973. The second kappa shape index (κ2) is 2.13. The van der Waals surface area contributed by atoms with E-state index in [2.05, 4.69) is 10.3 Å². The van der Waals surface area contributed by atoms with Gasteiger partial charge in [-0.1, -0.05) is 0 Å². The van der Waals surface area contributed by atoms with Crippen LogP contribution in [-0.4, -0.2) is 35.1 Å². The Morgan fingerprint density at radius 2 is 2.42 bits per heavy atom. The normalized spacial score (nSPS) is 26.9. The van der Waals surface area contributed by atoms with Crippen molar-refractivity contribution in [2.45, 2.75) is 6.29 Å². The molecule has 6 heteroatoms. The predicted molar refractivity (Wildman–Crippen MR) is 42.7 cm³/mol. The minimum atomic E-state index is -0.307. The SMILES string of the molecule is CN1C=CN2C(=O)NC(N)=NC12. The number of fused-ring (bicyclic) bond motifs is 1. The zero-order valence-corrected chi connectivity index (χ0v) is 6.56. The zero-order chi connectivity index (χ0) is 8.72. The van der Waals surface area contributed by atoms with E-state index in [1.165, 1.54) is 4.90 Å². The molecule has 0 aromatic heterocycles. The van der Waals surface area contributed by atoms with E-state index < -0.39 is 0 Å². The van der Waals surface area contributed by atoms with Crippen molar-refractivity contribution in [3.05, 3.63) is 12.4 Å². The zero-order valence-electron chi connectivity index (χ0n) is 6.56. The maximum atomic E-state index is 11.2. The monoisotopic (exact) mass is 167 g/mol. The third-order valence-corrected chi connectivity index (χ3v) is 1.80. The van der Waals surface area contributed by atoms with E-state index in [0.29, 0.717) is 0 Å². The van der Waals surface area contributed by atoms with Gasteiger partial charge in [-0.2, -0.15) is 0 Å². The van der Waals surface area contributed by atoms with Crippen LogP contribution in [-0.2, 0) is 0 Å². The van der Waals surface area contributed by atoms with Crippen LogP contribution in [0.15, 0.2) is 17.4 Å². The van der Waals surface area contributed by atoms with Crippen molar-refractivity contribution < 1.29 is 4.79 Å². The highest BCUT2D eigenvalue weighted by Crippen LogP contribution is 2.16. The number of carbonyl (C=O) groups excluding carboxylic acids is 1. The lowest BCUT2D eigenvalue weighted by Crippen LogP contribution is -2.54. The van der Waals surface area contributed by atoms with Gasteiger partial charge >= 0.3 is 6.03 Å². The van der Waals surface area contributed by atoms with Gasteiger partial charge in [0.2, 0.25) is 12.2 Å². The molecule has 2 heterocycles. The molecule has 0 fully saturated rings. The molecule has 2 aliphatic rings. The van der Waals surface area contributed by atoms with E-state index in [4.69, 9.17) is 5.73 Å². The van der Waals surface area contributed by atoms with E-state index in [-0.39, 0.29) is 18.3 Å². The van der Waals surface area contributed by atoms with Crippen molar-refractivity contribution in [3.8, 4) is 0 Å². The number of nitrogens with zero attached hydrogens (tertiary/aromatic N) is 3. The number of aliphatic imine (C=N–C) groups is 1. The number of carbonyl (C=O) groups is 1. The lowest BCUT2D eigenvalue weighted by molar-refractivity contribution is 0.169. The minimum absolute atomic E-state index is 0.164. The highest BCUT2D eigenvalue weighted by molar-refractivity contribution is 5.97. The molecule has 0 radical (unpaired) electrons. The summed E-state index contributed by atoms with van der Waals surface area (Å²) in [5.74, 6) is 0.164. The van der Waals surface area contributed by atoms with Crippen molar-refractivity contribution in [3.63, 3.8) is 0 Å². The fraction of sp³-hybridized carbons (Fsp3) is 0.333. The van der Waals surface area contributed by atoms with Crippen molar-refractivity contribution in [1.82, 2.24) is 15.1 Å². The molecule has 1 atom stereocenters. The van der Waals surface area contributed by atoms with Crippen LogP contribution >= 0.6 is 0 Å². The second-order valence-corrected chi connectivity index (χ2v) is 2.66. The van der Waals surface area contributed by atoms with Crippen molar-refractivity contribution in [2.75, 3.05) is 7.05 Å². The first kappa shape index (κ1) is 6.96. The molecule has 2 aliphatic heterocycles. The number of guanidine groups is 1. The molecule has 0 aromatic rings. The summed E-state index contributed by atoms with van der Waals surface area (Å²) in [5, 5.41) is 2.41. The number of hydrogen-bond donors (Lipinski definition) is 2. The molecule has 0 saturated heterocycles. The number of nitrogens with two attached hydrogens (primary N) is 1. The lowest BCUT2D eigenvalue weighted by atomic mass is 10.6. The topological polar surface area (TPSA) is 74.0 Å². The van der Waals surface area contributed by atoms with E-state index in [1.807, 2.05) is 7.05 Å².